The molecule has 6 heteroatoms. The number of fused-ring (bicyclic) bond motifs is 2. The highest BCUT2D eigenvalue weighted by atomic mass is 16.3. The first-order chi connectivity index (χ1) is 12.6. The van der Waals surface area contributed by atoms with Gasteiger partial charge in [0.1, 0.15) is 11.3 Å². The van der Waals surface area contributed by atoms with Crippen LogP contribution >= 0.6 is 0 Å². The van der Waals surface area contributed by atoms with Crippen LogP contribution in [0.15, 0.2) is 65.1 Å². The molecule has 0 bridgehead atoms. The van der Waals surface area contributed by atoms with Gasteiger partial charge in [0.15, 0.2) is 5.76 Å². The Balaban J connectivity index is 1.50. The second-order valence-corrected chi connectivity index (χ2v) is 5.85. The van der Waals surface area contributed by atoms with Crippen molar-refractivity contribution in [2.45, 2.75) is 6.92 Å². The van der Waals surface area contributed by atoms with Crippen molar-refractivity contribution >= 4 is 33.7 Å². The number of hydrazine groups is 1. The Hall–Kier alpha value is -3.67. The molecule has 0 unspecified atom stereocenters. The molecular weight excluding hydrogens is 330 g/mol. The van der Waals surface area contributed by atoms with E-state index < -0.39 is 11.8 Å². The maximum absolute atomic E-state index is 12.3. The van der Waals surface area contributed by atoms with Crippen LogP contribution in [0.2, 0.25) is 0 Å². The average molecular weight is 345 g/mol. The van der Waals surface area contributed by atoms with Crippen molar-refractivity contribution in [3.05, 3.63) is 77.7 Å². The van der Waals surface area contributed by atoms with Gasteiger partial charge in [-0.15, -0.1) is 0 Å². The lowest BCUT2D eigenvalue weighted by Gasteiger charge is -2.06. The van der Waals surface area contributed by atoms with Gasteiger partial charge in [0.05, 0.1) is 5.52 Å². The maximum Gasteiger partial charge on any atom is 0.305 e. The summed E-state index contributed by atoms with van der Waals surface area (Å²) in [5.74, 6) is -0.858. The molecule has 4 rings (SSSR count). The molecule has 2 heterocycles. The second kappa shape index (κ2) is 6.33. The van der Waals surface area contributed by atoms with Crippen LogP contribution in [-0.4, -0.2) is 16.8 Å². The summed E-state index contributed by atoms with van der Waals surface area (Å²) in [6.45, 7) is 1.80. The van der Waals surface area contributed by atoms with Gasteiger partial charge in [-0.1, -0.05) is 42.5 Å². The first-order valence-corrected chi connectivity index (χ1v) is 8.08. The topological polar surface area (TPSA) is 84.2 Å². The van der Waals surface area contributed by atoms with E-state index in [0.29, 0.717) is 11.1 Å². The first-order valence-electron chi connectivity index (χ1n) is 8.08. The van der Waals surface area contributed by atoms with Crippen LogP contribution in [0.5, 0.6) is 0 Å². The molecule has 0 saturated carbocycles. The van der Waals surface area contributed by atoms with Crippen LogP contribution in [0.4, 0.5) is 0 Å². The molecule has 2 aromatic heterocycles. The summed E-state index contributed by atoms with van der Waals surface area (Å²) < 4.78 is 5.58. The molecule has 6 nitrogen and oxygen atoms in total. The van der Waals surface area contributed by atoms with Crippen LogP contribution in [-0.2, 0) is 0 Å². The number of nitrogens with zero attached hydrogens (tertiary/aromatic N) is 1. The predicted octanol–water partition coefficient (Wildman–Crippen LogP) is 3.36. The number of aryl methyl sites for hydroxylation is 1. The van der Waals surface area contributed by atoms with Gasteiger partial charge in [0.2, 0.25) is 0 Å². The van der Waals surface area contributed by atoms with Gasteiger partial charge in [-0.3, -0.25) is 20.4 Å². The van der Waals surface area contributed by atoms with E-state index in [1.165, 1.54) is 0 Å². The van der Waals surface area contributed by atoms with Crippen molar-refractivity contribution < 1.29 is 14.0 Å². The van der Waals surface area contributed by atoms with E-state index in [2.05, 4.69) is 15.8 Å². The van der Waals surface area contributed by atoms with Crippen LogP contribution in [0.1, 0.15) is 26.6 Å². The number of para-hydroxylation sites is 2. The molecule has 0 saturated heterocycles. The van der Waals surface area contributed by atoms with Gasteiger partial charge in [0.25, 0.3) is 5.91 Å². The number of furan rings is 1. The molecule has 2 amide bonds. The molecule has 128 valence electrons. The summed E-state index contributed by atoms with van der Waals surface area (Å²) >= 11 is 0. The highest BCUT2D eigenvalue weighted by molar-refractivity contribution is 6.01. The summed E-state index contributed by atoms with van der Waals surface area (Å²) in [4.78, 5) is 28.9. The number of carbonyl (C=O) groups is 2. The summed E-state index contributed by atoms with van der Waals surface area (Å²) in [5, 5.41) is 1.80. The van der Waals surface area contributed by atoms with Gasteiger partial charge in [-0.2, -0.15) is 0 Å². The van der Waals surface area contributed by atoms with Gasteiger partial charge in [-0.05, 0) is 25.1 Å². The summed E-state index contributed by atoms with van der Waals surface area (Å²) in [6.07, 6.45) is 0. The summed E-state index contributed by atoms with van der Waals surface area (Å²) in [7, 11) is 0. The molecule has 26 heavy (non-hydrogen) atoms. The average Bonchev–Trinajstić information content (AvgIpc) is 3.02. The molecule has 0 aliphatic heterocycles. The van der Waals surface area contributed by atoms with E-state index in [1.54, 1.807) is 19.1 Å². The van der Waals surface area contributed by atoms with Crippen molar-refractivity contribution in [2.75, 3.05) is 0 Å². The Bertz CT molecular complexity index is 1150. The number of benzene rings is 2. The minimum absolute atomic E-state index is 0.165. The fraction of sp³-hybridized carbons (Fsp3) is 0.0500. The maximum atomic E-state index is 12.3. The van der Waals surface area contributed by atoms with E-state index in [-0.39, 0.29) is 11.5 Å². The SMILES string of the molecule is Cc1c(C(=O)NNC(=O)c2ccc3ccccc3n2)oc2ccccc12. The van der Waals surface area contributed by atoms with Crippen molar-refractivity contribution in [2.24, 2.45) is 0 Å². The van der Waals surface area contributed by atoms with Gasteiger partial charge < -0.3 is 4.42 Å². The van der Waals surface area contributed by atoms with E-state index in [4.69, 9.17) is 4.42 Å². The lowest BCUT2D eigenvalue weighted by Crippen LogP contribution is -2.42. The lowest BCUT2D eigenvalue weighted by molar-refractivity contribution is 0.0829. The number of carbonyl (C=O) groups excluding carboxylic acids is 2. The number of hydrogen-bond donors (Lipinski definition) is 2. The van der Waals surface area contributed by atoms with E-state index in [9.17, 15) is 9.59 Å². The standard InChI is InChI=1S/C20H15N3O3/c1-12-14-7-3-5-9-17(14)26-18(12)20(25)23-22-19(24)16-11-10-13-6-2-4-8-15(13)21-16/h2-11H,1H3,(H,22,24)(H,23,25). The third-order valence-corrected chi connectivity index (χ3v) is 4.17. The highest BCUT2D eigenvalue weighted by Crippen LogP contribution is 2.24. The summed E-state index contributed by atoms with van der Waals surface area (Å²) in [5.41, 5.74) is 7.01. The lowest BCUT2D eigenvalue weighted by atomic mass is 10.1. The second-order valence-electron chi connectivity index (χ2n) is 5.85. The molecule has 2 aromatic carbocycles. The third kappa shape index (κ3) is 2.77. The fourth-order valence-electron chi connectivity index (χ4n) is 2.82. The molecule has 0 fully saturated rings. The molecule has 0 spiro atoms. The minimum Gasteiger partial charge on any atom is -0.451 e. The Kier molecular flexibility index (Phi) is 3.85. The number of aromatic nitrogens is 1. The number of rotatable bonds is 2. The largest absolute Gasteiger partial charge is 0.451 e. The highest BCUT2D eigenvalue weighted by Gasteiger charge is 2.18. The smallest absolute Gasteiger partial charge is 0.305 e. The van der Waals surface area contributed by atoms with E-state index in [1.807, 2.05) is 48.5 Å². The normalized spacial score (nSPS) is 10.8. The Labute approximate surface area is 148 Å². The van der Waals surface area contributed by atoms with Crippen LogP contribution in [0.3, 0.4) is 0 Å². The Morgan fingerprint density at radius 1 is 0.885 bits per heavy atom. The fourth-order valence-corrected chi connectivity index (χ4v) is 2.82. The quantitative estimate of drug-likeness (QED) is 0.546. The monoisotopic (exact) mass is 345 g/mol. The minimum atomic E-state index is -0.521. The molecule has 0 radical (unpaired) electrons. The van der Waals surface area contributed by atoms with Crippen LogP contribution in [0.25, 0.3) is 21.9 Å². The number of amides is 2. The molecule has 0 atom stereocenters. The van der Waals surface area contributed by atoms with E-state index >= 15 is 0 Å². The van der Waals surface area contributed by atoms with Crippen molar-refractivity contribution in [3.8, 4) is 0 Å². The zero-order valence-corrected chi connectivity index (χ0v) is 13.9. The van der Waals surface area contributed by atoms with Gasteiger partial charge in [0, 0.05) is 16.3 Å². The third-order valence-electron chi connectivity index (χ3n) is 4.17. The Morgan fingerprint density at radius 2 is 1.62 bits per heavy atom. The zero-order chi connectivity index (χ0) is 18.1. The van der Waals surface area contributed by atoms with Crippen molar-refractivity contribution in [1.82, 2.24) is 15.8 Å². The first kappa shape index (κ1) is 15.8. The molecule has 0 aliphatic carbocycles. The van der Waals surface area contributed by atoms with Crippen LogP contribution < -0.4 is 10.9 Å². The molecule has 4 aromatic rings. The number of nitrogens with one attached hydrogen (secondary N) is 2. The van der Waals surface area contributed by atoms with Crippen LogP contribution in [0, 0.1) is 6.92 Å². The van der Waals surface area contributed by atoms with Gasteiger partial charge in [-0.25, -0.2) is 4.98 Å². The Morgan fingerprint density at radius 3 is 2.46 bits per heavy atom. The summed E-state index contributed by atoms with van der Waals surface area (Å²) in [6, 6.07) is 18.3. The van der Waals surface area contributed by atoms with E-state index in [0.717, 1.165) is 16.3 Å². The van der Waals surface area contributed by atoms with Crippen molar-refractivity contribution in [3.63, 3.8) is 0 Å². The van der Waals surface area contributed by atoms with Crippen molar-refractivity contribution in [1.29, 1.82) is 0 Å². The molecule has 2 N–H and O–H groups in total. The zero-order valence-electron chi connectivity index (χ0n) is 13.9. The predicted molar refractivity (Wildman–Crippen MR) is 97.6 cm³/mol. The number of pyridine rings is 1. The molecule has 0 aliphatic rings. The van der Waals surface area contributed by atoms with Gasteiger partial charge >= 0.3 is 5.91 Å². The number of hydrogen-bond acceptors (Lipinski definition) is 4. The molecular formula is C20H15N3O3.